The van der Waals surface area contributed by atoms with Gasteiger partial charge in [-0.05, 0) is 19.3 Å². The van der Waals surface area contributed by atoms with E-state index in [9.17, 15) is 4.79 Å². The molecule has 3 nitrogen and oxygen atoms in total. The highest BCUT2D eigenvalue weighted by molar-refractivity contribution is 7.13. The lowest BCUT2D eigenvalue weighted by atomic mass is 10.1. The number of carboxylic acid groups (broad SMARTS) is 1. The van der Waals surface area contributed by atoms with Gasteiger partial charge in [0.2, 0.25) is 0 Å². The number of aromatic carboxylic acids is 1. The molecular weight excluding hydrogens is 222 g/mol. The topological polar surface area (TPSA) is 50.2 Å². The van der Waals surface area contributed by atoms with Crippen molar-refractivity contribution in [1.29, 1.82) is 0 Å². The molecule has 1 N–H and O–H groups in total. The van der Waals surface area contributed by atoms with Crippen LogP contribution in [0, 0.1) is 0 Å². The minimum atomic E-state index is -0.815. The van der Waals surface area contributed by atoms with Crippen LogP contribution in [-0.4, -0.2) is 16.1 Å². The van der Waals surface area contributed by atoms with Gasteiger partial charge in [0.05, 0.1) is 10.7 Å². The number of carboxylic acids is 1. The SMILES string of the molecule is CCCc1nc(C2CCCC2)sc1C(=O)O. The highest BCUT2D eigenvalue weighted by atomic mass is 32.1. The summed E-state index contributed by atoms with van der Waals surface area (Å²) in [5, 5.41) is 10.2. The third-order valence-corrected chi connectivity index (χ3v) is 4.35. The van der Waals surface area contributed by atoms with E-state index in [0.29, 0.717) is 10.8 Å². The highest BCUT2D eigenvalue weighted by Crippen LogP contribution is 2.37. The van der Waals surface area contributed by atoms with Gasteiger partial charge in [0, 0.05) is 5.92 Å². The molecule has 2 rings (SSSR count). The molecule has 0 spiro atoms. The zero-order valence-electron chi connectivity index (χ0n) is 9.53. The van der Waals surface area contributed by atoms with Gasteiger partial charge in [-0.3, -0.25) is 0 Å². The zero-order chi connectivity index (χ0) is 11.5. The Hall–Kier alpha value is -0.900. The second-order valence-electron chi connectivity index (χ2n) is 4.36. The number of hydrogen-bond acceptors (Lipinski definition) is 3. The molecule has 1 heterocycles. The Bertz CT molecular complexity index is 380. The van der Waals surface area contributed by atoms with Gasteiger partial charge in [-0.25, -0.2) is 9.78 Å². The monoisotopic (exact) mass is 239 g/mol. The molecule has 1 aliphatic carbocycles. The van der Waals surface area contributed by atoms with Gasteiger partial charge >= 0.3 is 5.97 Å². The predicted molar refractivity (Wildman–Crippen MR) is 64.3 cm³/mol. The molecule has 0 saturated heterocycles. The number of nitrogens with zero attached hydrogens (tertiary/aromatic N) is 1. The smallest absolute Gasteiger partial charge is 0.347 e. The molecule has 16 heavy (non-hydrogen) atoms. The van der Waals surface area contributed by atoms with Gasteiger partial charge in [-0.2, -0.15) is 0 Å². The van der Waals surface area contributed by atoms with E-state index in [0.717, 1.165) is 23.5 Å². The van der Waals surface area contributed by atoms with Crippen LogP contribution in [0.5, 0.6) is 0 Å². The third-order valence-electron chi connectivity index (χ3n) is 3.10. The Morgan fingerprint density at radius 3 is 2.75 bits per heavy atom. The summed E-state index contributed by atoms with van der Waals surface area (Å²) in [4.78, 5) is 16.1. The van der Waals surface area contributed by atoms with Crippen molar-refractivity contribution in [3.8, 4) is 0 Å². The maximum atomic E-state index is 11.1. The molecule has 4 heteroatoms. The van der Waals surface area contributed by atoms with Gasteiger partial charge < -0.3 is 5.11 Å². The Morgan fingerprint density at radius 2 is 2.19 bits per heavy atom. The van der Waals surface area contributed by atoms with E-state index in [2.05, 4.69) is 11.9 Å². The highest BCUT2D eigenvalue weighted by Gasteiger charge is 2.24. The van der Waals surface area contributed by atoms with Crippen molar-refractivity contribution in [2.75, 3.05) is 0 Å². The van der Waals surface area contributed by atoms with E-state index in [4.69, 9.17) is 5.11 Å². The molecule has 0 aromatic carbocycles. The first-order valence-corrected chi connectivity index (χ1v) is 6.77. The van der Waals surface area contributed by atoms with Crippen molar-refractivity contribution in [2.45, 2.75) is 51.4 Å². The van der Waals surface area contributed by atoms with Crippen LogP contribution >= 0.6 is 11.3 Å². The Labute approximate surface area is 99.5 Å². The molecule has 0 unspecified atom stereocenters. The summed E-state index contributed by atoms with van der Waals surface area (Å²) >= 11 is 1.39. The van der Waals surface area contributed by atoms with Crippen molar-refractivity contribution in [3.63, 3.8) is 0 Å². The molecule has 0 aliphatic heterocycles. The average molecular weight is 239 g/mol. The quantitative estimate of drug-likeness (QED) is 0.875. The summed E-state index contributed by atoms with van der Waals surface area (Å²) in [5.41, 5.74) is 0.793. The molecule has 0 radical (unpaired) electrons. The van der Waals surface area contributed by atoms with Crippen molar-refractivity contribution in [2.24, 2.45) is 0 Å². The van der Waals surface area contributed by atoms with E-state index >= 15 is 0 Å². The zero-order valence-corrected chi connectivity index (χ0v) is 10.3. The lowest BCUT2D eigenvalue weighted by molar-refractivity contribution is 0.0700. The number of aromatic nitrogens is 1. The minimum Gasteiger partial charge on any atom is -0.477 e. The molecule has 1 saturated carbocycles. The first-order valence-electron chi connectivity index (χ1n) is 5.95. The summed E-state index contributed by atoms with van der Waals surface area (Å²) in [6.07, 6.45) is 6.61. The minimum absolute atomic E-state index is 0.462. The van der Waals surface area contributed by atoms with Crippen LogP contribution in [0.25, 0.3) is 0 Å². The van der Waals surface area contributed by atoms with Crippen molar-refractivity contribution < 1.29 is 9.90 Å². The van der Waals surface area contributed by atoms with Gasteiger partial charge in [0.25, 0.3) is 0 Å². The molecule has 1 aromatic heterocycles. The first kappa shape index (κ1) is 11.6. The average Bonchev–Trinajstić information content (AvgIpc) is 2.83. The third kappa shape index (κ3) is 2.26. The van der Waals surface area contributed by atoms with Gasteiger partial charge in [-0.1, -0.05) is 26.2 Å². The Morgan fingerprint density at radius 1 is 1.50 bits per heavy atom. The fourth-order valence-corrected chi connectivity index (χ4v) is 3.41. The number of carbonyl (C=O) groups is 1. The van der Waals surface area contributed by atoms with Crippen LogP contribution in [0.4, 0.5) is 0 Å². The van der Waals surface area contributed by atoms with Gasteiger partial charge in [-0.15, -0.1) is 11.3 Å². The van der Waals surface area contributed by atoms with Crippen LogP contribution in [0.3, 0.4) is 0 Å². The molecule has 1 aliphatic rings. The Kier molecular flexibility index (Phi) is 3.59. The summed E-state index contributed by atoms with van der Waals surface area (Å²) in [5.74, 6) is -0.293. The maximum absolute atomic E-state index is 11.1. The lowest BCUT2D eigenvalue weighted by Crippen LogP contribution is -1.98. The van der Waals surface area contributed by atoms with Crippen LogP contribution in [0.1, 0.15) is 65.3 Å². The largest absolute Gasteiger partial charge is 0.477 e. The van der Waals surface area contributed by atoms with E-state index in [-0.39, 0.29) is 0 Å². The van der Waals surface area contributed by atoms with Gasteiger partial charge in [0.1, 0.15) is 4.88 Å². The number of rotatable bonds is 4. The van der Waals surface area contributed by atoms with E-state index in [1.165, 1.54) is 37.0 Å². The number of aryl methyl sites for hydroxylation is 1. The summed E-state index contributed by atoms with van der Waals surface area (Å²) in [7, 11) is 0. The molecule has 0 amide bonds. The number of hydrogen-bond donors (Lipinski definition) is 1. The van der Waals surface area contributed by atoms with Crippen LogP contribution in [-0.2, 0) is 6.42 Å². The lowest BCUT2D eigenvalue weighted by Gasteiger charge is -2.02. The van der Waals surface area contributed by atoms with Gasteiger partial charge in [0.15, 0.2) is 0 Å². The van der Waals surface area contributed by atoms with Crippen LogP contribution < -0.4 is 0 Å². The fourth-order valence-electron chi connectivity index (χ4n) is 2.29. The predicted octanol–water partition coefficient (Wildman–Crippen LogP) is 3.45. The molecule has 1 aromatic rings. The summed E-state index contributed by atoms with van der Waals surface area (Å²) < 4.78 is 0. The fraction of sp³-hybridized carbons (Fsp3) is 0.667. The number of thiazole rings is 1. The Balaban J connectivity index is 2.26. The molecular formula is C12H17NO2S. The van der Waals surface area contributed by atoms with Crippen LogP contribution in [0.2, 0.25) is 0 Å². The van der Waals surface area contributed by atoms with Crippen LogP contribution in [0.15, 0.2) is 0 Å². The van der Waals surface area contributed by atoms with Crippen molar-refractivity contribution in [1.82, 2.24) is 4.98 Å². The summed E-state index contributed by atoms with van der Waals surface area (Å²) in [6.45, 7) is 2.06. The van der Waals surface area contributed by atoms with E-state index < -0.39 is 5.97 Å². The first-order chi connectivity index (χ1) is 7.72. The van der Waals surface area contributed by atoms with Crippen molar-refractivity contribution >= 4 is 17.3 Å². The standard InChI is InChI=1S/C12H17NO2S/c1-2-5-9-10(12(14)15)16-11(13-9)8-6-3-4-7-8/h8H,2-7H2,1H3,(H,14,15). The molecule has 0 atom stereocenters. The second kappa shape index (κ2) is 4.95. The summed E-state index contributed by atoms with van der Waals surface area (Å²) in [6, 6.07) is 0. The molecule has 88 valence electrons. The molecule has 0 bridgehead atoms. The van der Waals surface area contributed by atoms with Crippen molar-refractivity contribution in [3.05, 3.63) is 15.6 Å². The second-order valence-corrected chi connectivity index (χ2v) is 5.40. The normalized spacial score (nSPS) is 16.8. The van der Waals surface area contributed by atoms with E-state index in [1.807, 2.05) is 0 Å². The van der Waals surface area contributed by atoms with E-state index in [1.54, 1.807) is 0 Å². The maximum Gasteiger partial charge on any atom is 0.347 e. The molecule has 1 fully saturated rings.